The Hall–Kier alpha value is -2.58. The van der Waals surface area contributed by atoms with E-state index in [9.17, 15) is 4.79 Å². The lowest BCUT2D eigenvalue weighted by Gasteiger charge is -2.37. The number of benzene rings is 3. The molecule has 0 unspecified atom stereocenters. The molecular weight excluding hydrogens is 318 g/mol. The van der Waals surface area contributed by atoms with Gasteiger partial charge in [0.2, 0.25) is 5.91 Å². The second kappa shape index (κ2) is 6.90. The Bertz CT molecular complexity index is 791. The fraction of sp³-hybridized carbons (Fsp3) is 0.0952. The summed E-state index contributed by atoms with van der Waals surface area (Å²) in [5.41, 5.74) is 1.92. The normalized spacial score (nSPS) is 11.1. The lowest BCUT2D eigenvalue weighted by molar-refractivity contribution is -0.120. The molecule has 3 rings (SSSR count). The topological polar surface area (TPSA) is 29.1 Å². The Balaban J connectivity index is 2.38. The number of hydrogen-bond acceptors (Lipinski definition) is 1. The third kappa shape index (κ3) is 2.93. The standard InChI is InChI=1S/C21H18ClNO/c1-16(24)23-21(17-10-4-2-5-11-17,18-12-6-3-7-13-18)19-14-8-9-15-20(19)22/h2-15H,1H3,(H,23,24). The maximum Gasteiger partial charge on any atom is 0.218 e. The fourth-order valence-corrected chi connectivity index (χ4v) is 3.37. The highest BCUT2D eigenvalue weighted by molar-refractivity contribution is 6.31. The summed E-state index contributed by atoms with van der Waals surface area (Å²) in [5, 5.41) is 3.77. The predicted molar refractivity (Wildman–Crippen MR) is 98.0 cm³/mol. The molecule has 0 aliphatic rings. The molecule has 0 aromatic heterocycles. The van der Waals surface area contributed by atoms with Crippen LogP contribution in [0.2, 0.25) is 5.02 Å². The van der Waals surface area contributed by atoms with E-state index in [1.54, 1.807) is 0 Å². The van der Waals surface area contributed by atoms with Gasteiger partial charge in [-0.15, -0.1) is 0 Å². The summed E-state index contributed by atoms with van der Waals surface area (Å²) in [6.07, 6.45) is 0. The van der Waals surface area contributed by atoms with Gasteiger partial charge >= 0.3 is 0 Å². The minimum Gasteiger partial charge on any atom is -0.339 e. The molecule has 0 aliphatic carbocycles. The van der Waals surface area contributed by atoms with Crippen molar-refractivity contribution in [3.63, 3.8) is 0 Å². The lowest BCUT2D eigenvalue weighted by atomic mass is 9.77. The SMILES string of the molecule is CC(=O)NC(c1ccccc1)(c1ccccc1)c1ccccc1Cl. The maximum atomic E-state index is 12.1. The highest BCUT2D eigenvalue weighted by Gasteiger charge is 2.38. The summed E-state index contributed by atoms with van der Waals surface area (Å²) in [7, 11) is 0. The number of amides is 1. The molecule has 3 heteroatoms. The molecule has 0 spiro atoms. The smallest absolute Gasteiger partial charge is 0.218 e. The molecule has 3 aromatic carbocycles. The zero-order chi connectivity index (χ0) is 17.0. The maximum absolute atomic E-state index is 12.1. The van der Waals surface area contributed by atoms with E-state index < -0.39 is 5.54 Å². The molecule has 0 aliphatic heterocycles. The van der Waals surface area contributed by atoms with Gasteiger partial charge in [-0.25, -0.2) is 0 Å². The number of rotatable bonds is 4. The molecule has 24 heavy (non-hydrogen) atoms. The van der Waals surface area contributed by atoms with Gasteiger partial charge in [0.05, 0.1) is 0 Å². The van der Waals surface area contributed by atoms with E-state index in [1.165, 1.54) is 6.92 Å². The zero-order valence-corrected chi connectivity index (χ0v) is 14.1. The molecule has 0 saturated carbocycles. The van der Waals surface area contributed by atoms with Crippen molar-refractivity contribution in [1.82, 2.24) is 5.32 Å². The largest absolute Gasteiger partial charge is 0.339 e. The summed E-state index contributed by atoms with van der Waals surface area (Å²) < 4.78 is 0. The molecule has 3 aromatic rings. The Labute approximate surface area is 147 Å². The molecule has 0 fully saturated rings. The van der Waals surface area contributed by atoms with E-state index >= 15 is 0 Å². The van der Waals surface area contributed by atoms with Crippen LogP contribution >= 0.6 is 11.6 Å². The Kier molecular flexibility index (Phi) is 4.68. The first-order valence-corrected chi connectivity index (χ1v) is 8.17. The Morgan fingerprint density at radius 1 is 0.792 bits per heavy atom. The summed E-state index contributed by atoms with van der Waals surface area (Å²) in [4.78, 5) is 12.1. The number of hydrogen-bond donors (Lipinski definition) is 1. The van der Waals surface area contributed by atoms with Gasteiger partial charge in [0, 0.05) is 17.5 Å². The fourth-order valence-electron chi connectivity index (χ4n) is 3.10. The second-order valence-corrected chi connectivity index (χ2v) is 6.05. The van der Waals surface area contributed by atoms with Crippen LogP contribution in [0.15, 0.2) is 84.9 Å². The van der Waals surface area contributed by atoms with Crippen molar-refractivity contribution in [2.75, 3.05) is 0 Å². The molecule has 0 heterocycles. The number of halogens is 1. The minimum absolute atomic E-state index is 0.123. The van der Waals surface area contributed by atoms with Crippen LogP contribution in [0, 0.1) is 0 Å². The van der Waals surface area contributed by atoms with Gasteiger partial charge in [-0.1, -0.05) is 90.5 Å². The van der Waals surface area contributed by atoms with E-state index in [1.807, 2.05) is 84.9 Å². The number of carbonyl (C=O) groups excluding carboxylic acids is 1. The Morgan fingerprint density at radius 2 is 1.25 bits per heavy atom. The Morgan fingerprint density at radius 3 is 1.71 bits per heavy atom. The van der Waals surface area contributed by atoms with E-state index in [4.69, 9.17) is 11.6 Å². The highest BCUT2D eigenvalue weighted by atomic mass is 35.5. The third-order valence-corrected chi connectivity index (χ3v) is 4.38. The van der Waals surface area contributed by atoms with Gasteiger partial charge in [0.25, 0.3) is 0 Å². The average Bonchev–Trinajstić information content (AvgIpc) is 2.62. The van der Waals surface area contributed by atoms with Crippen molar-refractivity contribution in [3.8, 4) is 0 Å². The monoisotopic (exact) mass is 335 g/mol. The highest BCUT2D eigenvalue weighted by Crippen LogP contribution is 2.39. The van der Waals surface area contributed by atoms with Gasteiger partial charge in [-0.05, 0) is 17.2 Å². The zero-order valence-electron chi connectivity index (χ0n) is 13.4. The van der Waals surface area contributed by atoms with Crippen molar-refractivity contribution in [1.29, 1.82) is 0 Å². The van der Waals surface area contributed by atoms with Crippen LogP contribution in [0.4, 0.5) is 0 Å². The molecule has 0 atom stereocenters. The summed E-state index contributed by atoms with van der Waals surface area (Å²) in [6, 6.07) is 27.4. The van der Waals surface area contributed by atoms with Crippen LogP contribution in [-0.4, -0.2) is 5.91 Å². The van der Waals surface area contributed by atoms with Crippen LogP contribution in [0.1, 0.15) is 23.6 Å². The first-order chi connectivity index (χ1) is 11.6. The summed E-state index contributed by atoms with van der Waals surface area (Å²) >= 11 is 6.54. The van der Waals surface area contributed by atoms with Crippen LogP contribution in [0.5, 0.6) is 0 Å². The molecule has 120 valence electrons. The summed E-state index contributed by atoms with van der Waals surface area (Å²) in [5.74, 6) is -0.123. The van der Waals surface area contributed by atoms with Crippen molar-refractivity contribution in [2.45, 2.75) is 12.5 Å². The minimum atomic E-state index is -0.841. The third-order valence-electron chi connectivity index (χ3n) is 4.05. The van der Waals surface area contributed by atoms with Gasteiger partial charge in [0.15, 0.2) is 0 Å². The molecule has 0 saturated heterocycles. The van der Waals surface area contributed by atoms with Crippen LogP contribution in [0.3, 0.4) is 0 Å². The first kappa shape index (κ1) is 16.3. The molecule has 0 radical (unpaired) electrons. The molecular formula is C21H18ClNO. The van der Waals surface area contributed by atoms with E-state index in [0.29, 0.717) is 5.02 Å². The van der Waals surface area contributed by atoms with Crippen LogP contribution in [0.25, 0.3) is 0 Å². The number of nitrogens with one attached hydrogen (secondary N) is 1. The van der Waals surface area contributed by atoms with Crippen molar-refractivity contribution in [2.24, 2.45) is 0 Å². The summed E-state index contributed by atoms with van der Waals surface area (Å²) in [6.45, 7) is 1.53. The molecule has 1 N–H and O–H groups in total. The van der Waals surface area contributed by atoms with Gasteiger partial charge < -0.3 is 5.32 Å². The second-order valence-electron chi connectivity index (χ2n) is 5.64. The molecule has 1 amide bonds. The van der Waals surface area contributed by atoms with Gasteiger partial charge in [0.1, 0.15) is 5.54 Å². The lowest BCUT2D eigenvalue weighted by Crippen LogP contribution is -2.47. The van der Waals surface area contributed by atoms with Crippen molar-refractivity contribution < 1.29 is 4.79 Å². The quantitative estimate of drug-likeness (QED) is 0.684. The predicted octanol–water partition coefficient (Wildman–Crippen LogP) is 4.77. The van der Waals surface area contributed by atoms with Gasteiger partial charge in [-0.2, -0.15) is 0 Å². The van der Waals surface area contributed by atoms with Crippen LogP contribution < -0.4 is 5.32 Å². The van der Waals surface area contributed by atoms with E-state index in [2.05, 4.69) is 5.32 Å². The van der Waals surface area contributed by atoms with Crippen molar-refractivity contribution >= 4 is 17.5 Å². The number of carbonyl (C=O) groups is 1. The first-order valence-electron chi connectivity index (χ1n) is 7.79. The van der Waals surface area contributed by atoms with Crippen LogP contribution in [-0.2, 0) is 10.3 Å². The van der Waals surface area contributed by atoms with E-state index in [0.717, 1.165) is 16.7 Å². The van der Waals surface area contributed by atoms with Crippen molar-refractivity contribution in [3.05, 3.63) is 107 Å². The molecule has 2 nitrogen and oxygen atoms in total. The van der Waals surface area contributed by atoms with Gasteiger partial charge in [-0.3, -0.25) is 4.79 Å². The van der Waals surface area contributed by atoms with E-state index in [-0.39, 0.29) is 5.91 Å². The molecule has 0 bridgehead atoms. The average molecular weight is 336 g/mol.